The Kier molecular flexibility index (Phi) is 6.89. The molecule has 2 aromatic carbocycles. The lowest BCUT2D eigenvalue weighted by Crippen LogP contribution is -2.43. The van der Waals surface area contributed by atoms with Crippen LogP contribution in [0.1, 0.15) is 52.1 Å². The highest BCUT2D eigenvalue weighted by molar-refractivity contribution is 6.08. The SMILES string of the molecule is CCOC(=O)c1cc(C2=NN(C(=O)c3ccncc3)C(O)(c3ccc(F)cc3)C2)ccc1NC(C)=O. The molecule has 1 unspecified atom stereocenters. The molecular formula is C26H23FN4O5. The van der Waals surface area contributed by atoms with Crippen LogP contribution in [0.5, 0.6) is 0 Å². The van der Waals surface area contributed by atoms with E-state index in [1.54, 1.807) is 13.0 Å². The molecule has 1 aliphatic heterocycles. The van der Waals surface area contributed by atoms with Crippen molar-refractivity contribution in [1.82, 2.24) is 9.99 Å². The molecular weight excluding hydrogens is 467 g/mol. The average molecular weight is 490 g/mol. The number of hydrazone groups is 1. The summed E-state index contributed by atoms with van der Waals surface area (Å²) in [6, 6.07) is 12.7. The standard InChI is InChI=1S/C26H23FN4O5/c1-3-36-25(34)21-14-18(4-9-22(21)29-16(2)32)23-15-26(35,19-5-7-20(27)8-6-19)31(30-23)24(33)17-10-12-28-13-11-17/h4-14,35H,3,15H2,1-2H3,(H,29,32). The zero-order valence-corrected chi connectivity index (χ0v) is 19.6. The third-order valence-corrected chi connectivity index (χ3v) is 5.57. The number of nitrogens with one attached hydrogen (secondary N) is 1. The molecule has 1 aliphatic rings. The summed E-state index contributed by atoms with van der Waals surface area (Å²) in [5.41, 5.74) is -0.362. The number of benzene rings is 2. The first-order chi connectivity index (χ1) is 17.2. The summed E-state index contributed by atoms with van der Waals surface area (Å²) in [6.07, 6.45) is 2.74. The molecule has 0 radical (unpaired) electrons. The van der Waals surface area contributed by atoms with Crippen molar-refractivity contribution in [1.29, 1.82) is 0 Å². The molecule has 0 bridgehead atoms. The summed E-state index contributed by atoms with van der Waals surface area (Å²) >= 11 is 0. The van der Waals surface area contributed by atoms with E-state index in [0.717, 1.165) is 5.01 Å². The van der Waals surface area contributed by atoms with Crippen LogP contribution < -0.4 is 5.32 Å². The molecule has 1 aromatic heterocycles. The van der Waals surface area contributed by atoms with Gasteiger partial charge < -0.3 is 15.2 Å². The molecule has 4 rings (SSSR count). The normalized spacial score (nSPS) is 16.9. The first kappa shape index (κ1) is 24.7. The first-order valence-corrected chi connectivity index (χ1v) is 11.1. The molecule has 0 aliphatic carbocycles. The zero-order valence-electron chi connectivity index (χ0n) is 19.6. The Morgan fingerprint density at radius 3 is 2.44 bits per heavy atom. The van der Waals surface area contributed by atoms with Crippen LogP contribution in [0, 0.1) is 5.82 Å². The molecule has 2 heterocycles. The second kappa shape index (κ2) is 10.0. The maximum Gasteiger partial charge on any atom is 0.340 e. The van der Waals surface area contributed by atoms with Crippen molar-refractivity contribution < 1.29 is 28.6 Å². The average Bonchev–Trinajstić information content (AvgIpc) is 3.23. The van der Waals surface area contributed by atoms with Crippen molar-refractivity contribution in [2.24, 2.45) is 5.10 Å². The van der Waals surface area contributed by atoms with E-state index >= 15 is 0 Å². The summed E-state index contributed by atoms with van der Waals surface area (Å²) in [7, 11) is 0. The molecule has 3 aromatic rings. The summed E-state index contributed by atoms with van der Waals surface area (Å²) in [5, 5.41) is 19.7. The number of aromatic nitrogens is 1. The monoisotopic (exact) mass is 490 g/mol. The quantitative estimate of drug-likeness (QED) is 0.511. The van der Waals surface area contributed by atoms with Gasteiger partial charge >= 0.3 is 5.97 Å². The number of aliphatic hydroxyl groups is 1. The van der Waals surface area contributed by atoms with Crippen LogP contribution in [0.25, 0.3) is 0 Å². The Balaban J connectivity index is 1.80. The minimum atomic E-state index is -1.93. The second-order valence-corrected chi connectivity index (χ2v) is 8.06. The van der Waals surface area contributed by atoms with E-state index in [9.17, 15) is 23.9 Å². The maximum atomic E-state index is 13.6. The van der Waals surface area contributed by atoms with Crippen LogP contribution >= 0.6 is 0 Å². The summed E-state index contributed by atoms with van der Waals surface area (Å²) < 4.78 is 18.7. The number of rotatable bonds is 6. The van der Waals surface area contributed by atoms with Crippen molar-refractivity contribution in [3.05, 3.63) is 95.1 Å². The van der Waals surface area contributed by atoms with Crippen molar-refractivity contribution in [3.8, 4) is 0 Å². The van der Waals surface area contributed by atoms with Gasteiger partial charge in [0.1, 0.15) is 5.82 Å². The van der Waals surface area contributed by atoms with Gasteiger partial charge in [-0.1, -0.05) is 18.2 Å². The molecule has 2 N–H and O–H groups in total. The van der Waals surface area contributed by atoms with Crippen molar-refractivity contribution >= 4 is 29.2 Å². The van der Waals surface area contributed by atoms with Crippen LogP contribution in [-0.4, -0.2) is 45.2 Å². The van der Waals surface area contributed by atoms with E-state index in [-0.39, 0.29) is 41.3 Å². The Morgan fingerprint density at radius 1 is 1.11 bits per heavy atom. The van der Waals surface area contributed by atoms with Gasteiger partial charge in [-0.2, -0.15) is 10.1 Å². The van der Waals surface area contributed by atoms with Gasteiger partial charge in [0.15, 0.2) is 5.72 Å². The van der Waals surface area contributed by atoms with Gasteiger partial charge in [0.05, 0.1) is 23.6 Å². The topological polar surface area (TPSA) is 121 Å². The van der Waals surface area contributed by atoms with Gasteiger partial charge in [0.25, 0.3) is 5.91 Å². The van der Waals surface area contributed by atoms with Gasteiger partial charge in [-0.15, -0.1) is 0 Å². The predicted octanol–water partition coefficient (Wildman–Crippen LogP) is 3.45. The minimum Gasteiger partial charge on any atom is -0.462 e. The number of esters is 1. The fraction of sp³-hybridized carbons (Fsp3) is 0.192. The number of amides is 2. The van der Waals surface area contributed by atoms with E-state index in [1.807, 2.05) is 0 Å². The predicted molar refractivity (Wildman–Crippen MR) is 129 cm³/mol. The van der Waals surface area contributed by atoms with Gasteiger partial charge in [-0.3, -0.25) is 14.6 Å². The second-order valence-electron chi connectivity index (χ2n) is 8.06. The lowest BCUT2D eigenvalue weighted by Gasteiger charge is -2.31. The number of hydrogen-bond acceptors (Lipinski definition) is 7. The number of ether oxygens (including phenoxy) is 1. The van der Waals surface area contributed by atoms with Crippen LogP contribution in [0.2, 0.25) is 0 Å². The van der Waals surface area contributed by atoms with E-state index in [2.05, 4.69) is 15.4 Å². The third kappa shape index (κ3) is 4.84. The van der Waals surface area contributed by atoms with Crippen LogP contribution in [0.4, 0.5) is 10.1 Å². The number of halogens is 1. The molecule has 0 saturated heterocycles. The van der Waals surface area contributed by atoms with Gasteiger partial charge in [0.2, 0.25) is 5.91 Å². The molecule has 36 heavy (non-hydrogen) atoms. The van der Waals surface area contributed by atoms with Gasteiger partial charge in [0, 0.05) is 36.9 Å². The number of carbonyl (C=O) groups excluding carboxylic acids is 3. The molecule has 184 valence electrons. The fourth-order valence-electron chi connectivity index (χ4n) is 3.88. The number of anilines is 1. The number of hydrogen-bond donors (Lipinski definition) is 2. The number of carbonyl (C=O) groups is 3. The maximum absolute atomic E-state index is 13.6. The lowest BCUT2D eigenvalue weighted by molar-refractivity contribution is -0.114. The highest BCUT2D eigenvalue weighted by Crippen LogP contribution is 2.38. The summed E-state index contributed by atoms with van der Waals surface area (Å²) in [5.74, 6) is -2.12. The van der Waals surface area contributed by atoms with E-state index in [0.29, 0.717) is 11.3 Å². The lowest BCUT2D eigenvalue weighted by atomic mass is 9.93. The highest BCUT2D eigenvalue weighted by Gasteiger charge is 2.46. The molecule has 10 heteroatoms. The van der Waals surface area contributed by atoms with Crippen LogP contribution in [-0.2, 0) is 15.3 Å². The largest absolute Gasteiger partial charge is 0.462 e. The van der Waals surface area contributed by atoms with Crippen LogP contribution in [0.15, 0.2) is 72.1 Å². The van der Waals surface area contributed by atoms with E-state index in [4.69, 9.17) is 4.74 Å². The molecule has 0 fully saturated rings. The summed E-state index contributed by atoms with van der Waals surface area (Å²) in [4.78, 5) is 41.5. The molecule has 1 atom stereocenters. The molecule has 2 amide bonds. The zero-order chi connectivity index (χ0) is 25.9. The Labute approximate surface area is 206 Å². The minimum absolute atomic E-state index is 0.0940. The van der Waals surface area contributed by atoms with Gasteiger partial charge in [-0.05, 0) is 48.9 Å². The number of pyridine rings is 1. The van der Waals surface area contributed by atoms with E-state index < -0.39 is 23.4 Å². The number of nitrogens with zero attached hydrogens (tertiary/aromatic N) is 3. The van der Waals surface area contributed by atoms with Crippen molar-refractivity contribution in [3.63, 3.8) is 0 Å². The highest BCUT2D eigenvalue weighted by atomic mass is 19.1. The fourth-order valence-corrected chi connectivity index (χ4v) is 3.88. The van der Waals surface area contributed by atoms with E-state index in [1.165, 1.54) is 67.8 Å². The Hall–Kier alpha value is -4.44. The Morgan fingerprint density at radius 2 is 1.81 bits per heavy atom. The molecule has 9 nitrogen and oxygen atoms in total. The summed E-state index contributed by atoms with van der Waals surface area (Å²) in [6.45, 7) is 3.10. The van der Waals surface area contributed by atoms with Gasteiger partial charge in [-0.25, -0.2) is 9.18 Å². The Bertz CT molecular complexity index is 1340. The third-order valence-electron chi connectivity index (χ3n) is 5.57. The molecule has 0 saturated carbocycles. The smallest absolute Gasteiger partial charge is 0.340 e. The van der Waals surface area contributed by atoms with Crippen LogP contribution in [0.3, 0.4) is 0 Å². The first-order valence-electron chi connectivity index (χ1n) is 11.1. The van der Waals surface area contributed by atoms with Crippen molar-refractivity contribution in [2.75, 3.05) is 11.9 Å². The molecule has 0 spiro atoms. The van der Waals surface area contributed by atoms with Crippen molar-refractivity contribution in [2.45, 2.75) is 26.0 Å².